The fraction of sp³-hybridized carbons (Fsp3) is 0.389. The summed E-state index contributed by atoms with van der Waals surface area (Å²) < 4.78 is 0. The van der Waals surface area contributed by atoms with Crippen molar-refractivity contribution in [1.82, 2.24) is 9.88 Å². The standard InChI is InChI=1S/C18H25N3O/c1-5-21(13-17-18(22)11-6-14(2)19-17)12-15-7-9-16(10-8-15)20(3)4/h6-11,22H,5,12-13H2,1-4H3. The van der Waals surface area contributed by atoms with Gasteiger partial charge in [0, 0.05) is 38.6 Å². The van der Waals surface area contributed by atoms with Gasteiger partial charge < -0.3 is 10.0 Å². The van der Waals surface area contributed by atoms with E-state index in [9.17, 15) is 5.11 Å². The maximum Gasteiger partial charge on any atom is 0.138 e. The van der Waals surface area contributed by atoms with Gasteiger partial charge in [-0.3, -0.25) is 9.88 Å². The average molecular weight is 299 g/mol. The Morgan fingerprint density at radius 1 is 1.00 bits per heavy atom. The molecule has 1 heterocycles. The van der Waals surface area contributed by atoms with Crippen molar-refractivity contribution in [3.05, 3.63) is 53.3 Å². The molecule has 0 aliphatic heterocycles. The maximum absolute atomic E-state index is 9.95. The number of rotatable bonds is 6. The van der Waals surface area contributed by atoms with Crippen LogP contribution < -0.4 is 4.90 Å². The molecule has 0 atom stereocenters. The van der Waals surface area contributed by atoms with Gasteiger partial charge in [-0.05, 0) is 43.3 Å². The summed E-state index contributed by atoms with van der Waals surface area (Å²) in [5, 5.41) is 9.95. The normalized spacial score (nSPS) is 11.0. The number of aromatic nitrogens is 1. The SMILES string of the molecule is CCN(Cc1ccc(N(C)C)cc1)Cc1nc(C)ccc1O. The average Bonchev–Trinajstić information content (AvgIpc) is 2.50. The Hall–Kier alpha value is -2.07. The third-order valence-corrected chi connectivity index (χ3v) is 3.77. The van der Waals surface area contributed by atoms with Crippen LogP contribution >= 0.6 is 0 Å². The minimum Gasteiger partial charge on any atom is -0.506 e. The molecule has 0 bridgehead atoms. The lowest BCUT2D eigenvalue weighted by Crippen LogP contribution is -2.23. The molecule has 0 radical (unpaired) electrons. The van der Waals surface area contributed by atoms with Crippen LogP contribution in [-0.2, 0) is 13.1 Å². The van der Waals surface area contributed by atoms with Gasteiger partial charge >= 0.3 is 0 Å². The minimum atomic E-state index is 0.270. The smallest absolute Gasteiger partial charge is 0.138 e. The summed E-state index contributed by atoms with van der Waals surface area (Å²) in [5.74, 6) is 0.270. The molecular formula is C18H25N3O. The van der Waals surface area contributed by atoms with E-state index in [1.165, 1.54) is 11.3 Å². The van der Waals surface area contributed by atoms with Gasteiger partial charge in [0.25, 0.3) is 0 Å². The molecule has 2 rings (SSSR count). The van der Waals surface area contributed by atoms with Gasteiger partial charge in [0.15, 0.2) is 0 Å². The van der Waals surface area contributed by atoms with Crippen LogP contribution in [0, 0.1) is 6.92 Å². The van der Waals surface area contributed by atoms with Gasteiger partial charge in [0.05, 0.1) is 5.69 Å². The van der Waals surface area contributed by atoms with Crippen LogP contribution in [0.1, 0.15) is 23.9 Å². The summed E-state index contributed by atoms with van der Waals surface area (Å²) >= 11 is 0. The van der Waals surface area contributed by atoms with Crippen molar-refractivity contribution >= 4 is 5.69 Å². The highest BCUT2D eigenvalue weighted by Gasteiger charge is 2.10. The largest absolute Gasteiger partial charge is 0.506 e. The third-order valence-electron chi connectivity index (χ3n) is 3.77. The van der Waals surface area contributed by atoms with Crippen molar-refractivity contribution in [1.29, 1.82) is 0 Å². The van der Waals surface area contributed by atoms with Crippen molar-refractivity contribution in [3.63, 3.8) is 0 Å². The van der Waals surface area contributed by atoms with Gasteiger partial charge in [0.2, 0.25) is 0 Å². The second-order valence-electron chi connectivity index (χ2n) is 5.78. The molecule has 0 saturated carbocycles. The fourth-order valence-corrected chi connectivity index (χ4v) is 2.37. The highest BCUT2D eigenvalue weighted by molar-refractivity contribution is 5.46. The van der Waals surface area contributed by atoms with Crippen LogP contribution in [0.3, 0.4) is 0 Å². The van der Waals surface area contributed by atoms with Crippen molar-refractivity contribution in [2.24, 2.45) is 0 Å². The monoisotopic (exact) mass is 299 g/mol. The highest BCUT2D eigenvalue weighted by atomic mass is 16.3. The van der Waals surface area contributed by atoms with E-state index < -0.39 is 0 Å². The van der Waals surface area contributed by atoms with Gasteiger partial charge in [-0.2, -0.15) is 0 Å². The van der Waals surface area contributed by atoms with Gasteiger partial charge in [-0.25, -0.2) is 0 Å². The first kappa shape index (κ1) is 16.3. The Labute approximate surface area is 133 Å². The summed E-state index contributed by atoms with van der Waals surface area (Å²) in [6.45, 7) is 6.48. The van der Waals surface area contributed by atoms with Crippen LogP contribution in [-0.4, -0.2) is 35.6 Å². The lowest BCUT2D eigenvalue weighted by atomic mass is 10.1. The van der Waals surface area contributed by atoms with Gasteiger partial charge in [-0.1, -0.05) is 19.1 Å². The number of hydrogen-bond donors (Lipinski definition) is 1. The molecule has 0 unspecified atom stereocenters. The van der Waals surface area contributed by atoms with E-state index in [0.717, 1.165) is 24.5 Å². The molecule has 0 saturated heterocycles. The first-order chi connectivity index (χ1) is 10.5. The molecule has 4 heteroatoms. The molecule has 1 aromatic heterocycles. The zero-order chi connectivity index (χ0) is 16.1. The van der Waals surface area contributed by atoms with Crippen molar-refractivity contribution in [3.8, 4) is 5.75 Å². The molecule has 22 heavy (non-hydrogen) atoms. The molecule has 1 aromatic carbocycles. The van der Waals surface area contributed by atoms with Crippen LogP contribution in [0.2, 0.25) is 0 Å². The van der Waals surface area contributed by atoms with E-state index in [1.54, 1.807) is 6.07 Å². The summed E-state index contributed by atoms with van der Waals surface area (Å²) in [7, 11) is 4.08. The third kappa shape index (κ3) is 4.21. The molecule has 0 aliphatic rings. The van der Waals surface area contributed by atoms with Gasteiger partial charge in [-0.15, -0.1) is 0 Å². The Morgan fingerprint density at radius 3 is 2.27 bits per heavy atom. The number of hydrogen-bond acceptors (Lipinski definition) is 4. The van der Waals surface area contributed by atoms with Crippen LogP contribution in [0.15, 0.2) is 36.4 Å². The molecule has 2 aromatic rings. The molecule has 1 N–H and O–H groups in total. The molecule has 0 spiro atoms. The zero-order valence-corrected chi connectivity index (χ0v) is 13.9. The van der Waals surface area contributed by atoms with E-state index in [-0.39, 0.29) is 5.75 Å². The number of anilines is 1. The fourth-order valence-electron chi connectivity index (χ4n) is 2.37. The predicted octanol–water partition coefficient (Wildman–Crippen LogP) is 3.18. The first-order valence-electron chi connectivity index (χ1n) is 7.63. The van der Waals surface area contributed by atoms with Crippen molar-refractivity contribution in [2.75, 3.05) is 25.5 Å². The van der Waals surface area contributed by atoms with Gasteiger partial charge in [0.1, 0.15) is 5.75 Å². The second-order valence-corrected chi connectivity index (χ2v) is 5.78. The van der Waals surface area contributed by atoms with Crippen molar-refractivity contribution < 1.29 is 5.11 Å². The van der Waals surface area contributed by atoms with Crippen LogP contribution in [0.4, 0.5) is 5.69 Å². The maximum atomic E-state index is 9.95. The summed E-state index contributed by atoms with van der Waals surface area (Å²) in [4.78, 5) is 8.80. The molecule has 0 aliphatic carbocycles. The topological polar surface area (TPSA) is 39.6 Å². The Bertz CT molecular complexity index is 608. The molecule has 118 valence electrons. The Morgan fingerprint density at radius 2 is 1.68 bits per heavy atom. The zero-order valence-electron chi connectivity index (χ0n) is 13.9. The Kier molecular flexibility index (Phi) is 5.39. The van der Waals surface area contributed by atoms with E-state index in [1.807, 2.05) is 27.1 Å². The lowest BCUT2D eigenvalue weighted by Gasteiger charge is -2.21. The minimum absolute atomic E-state index is 0.270. The first-order valence-corrected chi connectivity index (χ1v) is 7.63. The summed E-state index contributed by atoms with van der Waals surface area (Å²) in [6.07, 6.45) is 0. The number of pyridine rings is 1. The number of aryl methyl sites for hydroxylation is 1. The highest BCUT2D eigenvalue weighted by Crippen LogP contribution is 2.19. The number of benzene rings is 1. The quantitative estimate of drug-likeness (QED) is 0.889. The van der Waals surface area contributed by atoms with Crippen LogP contribution in [0.5, 0.6) is 5.75 Å². The molecular weight excluding hydrogens is 274 g/mol. The second kappa shape index (κ2) is 7.27. The Balaban J connectivity index is 2.07. The predicted molar refractivity (Wildman–Crippen MR) is 91.2 cm³/mol. The molecule has 4 nitrogen and oxygen atoms in total. The summed E-state index contributed by atoms with van der Waals surface area (Å²) in [6, 6.07) is 12.1. The molecule has 0 fully saturated rings. The summed E-state index contributed by atoms with van der Waals surface area (Å²) in [5.41, 5.74) is 4.13. The van der Waals surface area contributed by atoms with Crippen molar-refractivity contribution in [2.45, 2.75) is 26.9 Å². The lowest BCUT2D eigenvalue weighted by molar-refractivity contribution is 0.263. The van der Waals surface area contributed by atoms with E-state index in [2.05, 4.69) is 46.0 Å². The van der Waals surface area contributed by atoms with E-state index in [4.69, 9.17) is 0 Å². The molecule has 0 amide bonds. The number of nitrogens with zero attached hydrogens (tertiary/aromatic N) is 3. The van der Waals surface area contributed by atoms with E-state index >= 15 is 0 Å². The number of aromatic hydroxyl groups is 1. The van der Waals surface area contributed by atoms with E-state index in [0.29, 0.717) is 6.54 Å². The van der Waals surface area contributed by atoms with Crippen LogP contribution in [0.25, 0.3) is 0 Å².